The summed E-state index contributed by atoms with van der Waals surface area (Å²) in [7, 11) is 0.0328. The molecular weight excluding hydrogens is 314 g/mol. The number of hydrogen-bond acceptors (Lipinski definition) is 0. The van der Waals surface area contributed by atoms with Gasteiger partial charge in [-0.05, 0) is 39.4 Å². The molecule has 0 aliphatic heterocycles. The van der Waals surface area contributed by atoms with Gasteiger partial charge in [-0.2, -0.15) is 0 Å². The number of allylic oxidation sites excluding steroid dienone is 2. The van der Waals surface area contributed by atoms with Gasteiger partial charge in [0, 0.05) is 0 Å². The second-order valence-electron chi connectivity index (χ2n) is 10.7. The molecule has 0 aliphatic rings. The highest BCUT2D eigenvalue weighted by Crippen LogP contribution is 2.60. The number of hydrogen-bond donors (Lipinski definition) is 0. The Morgan fingerprint density at radius 3 is 1.17 bits per heavy atom. The van der Waals surface area contributed by atoms with Gasteiger partial charge in [-0.3, -0.25) is 0 Å². The molecule has 0 aromatic heterocycles. The van der Waals surface area contributed by atoms with E-state index in [-0.39, 0.29) is 15.8 Å². The fraction of sp³-hybridized carbons (Fsp3) is 0.905. The molecule has 0 fully saturated rings. The molecule has 2 heteroatoms. The maximum absolute atomic E-state index is 2.49. The molecule has 23 heavy (non-hydrogen) atoms. The Morgan fingerprint density at radius 2 is 0.870 bits per heavy atom. The summed E-state index contributed by atoms with van der Waals surface area (Å²) in [4.78, 5) is 0. The summed E-state index contributed by atoms with van der Waals surface area (Å²) < 4.78 is 0. The third kappa shape index (κ3) is 9.02. The molecule has 0 saturated heterocycles. The molecule has 0 bridgehead atoms. The predicted octanol–water partition coefficient (Wildman–Crippen LogP) is 8.09. The fourth-order valence-electron chi connectivity index (χ4n) is 3.73. The van der Waals surface area contributed by atoms with Crippen LogP contribution in [0.5, 0.6) is 0 Å². The Hall–Kier alpha value is 0.600. The first-order valence-electron chi connectivity index (χ1n) is 9.18. The normalized spacial score (nSPS) is 15.2. The van der Waals surface area contributed by atoms with Crippen LogP contribution in [0.2, 0.25) is 0 Å². The van der Waals surface area contributed by atoms with Crippen LogP contribution in [0, 0.1) is 0 Å². The molecule has 0 aliphatic carbocycles. The van der Waals surface area contributed by atoms with Crippen LogP contribution in [0.25, 0.3) is 0 Å². The van der Waals surface area contributed by atoms with Gasteiger partial charge in [-0.15, -0.1) is 0 Å². The Kier molecular flexibility index (Phi) is 8.54. The van der Waals surface area contributed by atoms with Crippen molar-refractivity contribution in [2.24, 2.45) is 0 Å². The molecule has 0 unspecified atom stereocenters. The van der Waals surface area contributed by atoms with Gasteiger partial charge in [0.2, 0.25) is 0 Å². The van der Waals surface area contributed by atoms with Crippen LogP contribution in [-0.4, -0.2) is 32.9 Å². The molecular formula is C21H44P2. The van der Waals surface area contributed by atoms with Crippen molar-refractivity contribution in [2.45, 2.75) is 110 Å². The van der Waals surface area contributed by atoms with Gasteiger partial charge in [-0.1, -0.05) is 111 Å². The summed E-state index contributed by atoms with van der Waals surface area (Å²) >= 11 is 0. The van der Waals surface area contributed by atoms with Gasteiger partial charge in [0.05, 0.1) is 0 Å². The second kappa shape index (κ2) is 8.32. The molecule has 0 saturated carbocycles. The Balaban J connectivity index is 4.71. The first kappa shape index (κ1) is 23.6. The van der Waals surface area contributed by atoms with E-state index in [0.29, 0.717) is 20.6 Å². The molecule has 138 valence electrons. The summed E-state index contributed by atoms with van der Waals surface area (Å²) in [6, 6.07) is 0. The largest absolute Gasteiger partial charge is 0.0953 e. The van der Waals surface area contributed by atoms with E-state index in [1.54, 1.807) is 0 Å². The summed E-state index contributed by atoms with van der Waals surface area (Å²) in [5, 5.41) is 1.76. The second-order valence-corrected chi connectivity index (χ2v) is 18.6. The minimum Gasteiger partial charge on any atom is -0.0953 e. The summed E-state index contributed by atoms with van der Waals surface area (Å²) in [6.07, 6.45) is 8.84. The van der Waals surface area contributed by atoms with Crippen LogP contribution in [0.1, 0.15) is 89.5 Å². The number of rotatable bonds is 5. The van der Waals surface area contributed by atoms with E-state index in [2.05, 4.69) is 95.2 Å². The van der Waals surface area contributed by atoms with Crippen LogP contribution in [0.4, 0.5) is 0 Å². The van der Waals surface area contributed by atoms with Crippen molar-refractivity contribution in [3.05, 3.63) is 12.2 Å². The van der Waals surface area contributed by atoms with E-state index in [0.717, 1.165) is 0 Å². The zero-order valence-electron chi connectivity index (χ0n) is 18.2. The highest BCUT2D eigenvalue weighted by Gasteiger charge is 2.34. The zero-order chi connectivity index (χ0) is 18.7. The van der Waals surface area contributed by atoms with Crippen LogP contribution in [0.15, 0.2) is 12.2 Å². The van der Waals surface area contributed by atoms with E-state index < -0.39 is 0 Å². The summed E-state index contributed by atoms with van der Waals surface area (Å²) in [5.74, 6) is 0. The van der Waals surface area contributed by atoms with Crippen molar-refractivity contribution in [2.75, 3.05) is 12.3 Å². The van der Waals surface area contributed by atoms with Crippen molar-refractivity contribution >= 4 is 15.8 Å². The van der Waals surface area contributed by atoms with Crippen LogP contribution < -0.4 is 0 Å². The van der Waals surface area contributed by atoms with Crippen molar-refractivity contribution in [3.8, 4) is 0 Å². The lowest BCUT2D eigenvalue weighted by Crippen LogP contribution is -2.26. The van der Waals surface area contributed by atoms with E-state index in [1.165, 1.54) is 18.7 Å². The van der Waals surface area contributed by atoms with Gasteiger partial charge < -0.3 is 0 Å². The summed E-state index contributed by atoms with van der Waals surface area (Å²) in [5.41, 5.74) is 0. The minimum absolute atomic E-state index is 0.00136. The van der Waals surface area contributed by atoms with Gasteiger partial charge in [0.25, 0.3) is 0 Å². The molecule has 0 radical (unpaired) electrons. The molecule has 0 amide bonds. The lowest BCUT2D eigenvalue weighted by molar-refractivity contribution is 0.703. The maximum atomic E-state index is 2.49. The molecule has 0 aromatic carbocycles. The molecule has 0 spiro atoms. The standard InChI is InChI=1S/C21H44P2/c1-18(2,3)22(19(4,5)6)16-14-13-15-17-23(20(7,8)9)21(10,11)12/h13-14H,15-17H2,1-12H3. The molecule has 0 nitrogen and oxygen atoms in total. The lowest BCUT2D eigenvalue weighted by atomic mass is 10.2. The smallest absolute Gasteiger partial charge is 0.0135 e. The maximum Gasteiger partial charge on any atom is -0.0135 e. The highest BCUT2D eigenvalue weighted by atomic mass is 31.1. The molecule has 0 aromatic rings. The predicted molar refractivity (Wildman–Crippen MR) is 116 cm³/mol. The summed E-state index contributed by atoms with van der Waals surface area (Å²) in [6.45, 7) is 29.0. The molecule has 0 heterocycles. The van der Waals surface area contributed by atoms with Gasteiger partial charge >= 0.3 is 0 Å². The van der Waals surface area contributed by atoms with Crippen molar-refractivity contribution in [1.29, 1.82) is 0 Å². The highest BCUT2D eigenvalue weighted by molar-refractivity contribution is 7.61. The van der Waals surface area contributed by atoms with Crippen molar-refractivity contribution in [1.82, 2.24) is 0 Å². The zero-order valence-corrected chi connectivity index (χ0v) is 20.0. The first-order valence-corrected chi connectivity index (χ1v) is 12.2. The third-order valence-corrected chi connectivity index (χ3v) is 12.0. The van der Waals surface area contributed by atoms with Gasteiger partial charge in [-0.25, -0.2) is 0 Å². The monoisotopic (exact) mass is 358 g/mol. The molecule has 0 atom stereocenters. The Bertz CT molecular complexity index is 339. The fourth-order valence-corrected chi connectivity index (χ4v) is 11.0. The van der Waals surface area contributed by atoms with Crippen LogP contribution in [0.3, 0.4) is 0 Å². The lowest BCUT2D eigenvalue weighted by Gasteiger charge is -2.42. The Labute approximate surface area is 150 Å². The first-order chi connectivity index (χ1) is 9.97. The van der Waals surface area contributed by atoms with Crippen LogP contribution in [-0.2, 0) is 0 Å². The SMILES string of the molecule is CC(C)(C)P(CC=CCCP(C(C)(C)C)C(C)(C)C)C(C)(C)C. The van der Waals surface area contributed by atoms with Crippen LogP contribution >= 0.6 is 15.8 Å². The van der Waals surface area contributed by atoms with Crippen molar-refractivity contribution in [3.63, 3.8) is 0 Å². The average Bonchev–Trinajstić information content (AvgIpc) is 2.19. The van der Waals surface area contributed by atoms with Gasteiger partial charge in [0.15, 0.2) is 0 Å². The van der Waals surface area contributed by atoms with E-state index in [9.17, 15) is 0 Å². The average molecular weight is 359 g/mol. The quantitative estimate of drug-likeness (QED) is 0.344. The topological polar surface area (TPSA) is 0 Å². The third-order valence-electron chi connectivity index (χ3n) is 4.21. The molecule has 0 rings (SSSR count). The molecule has 0 N–H and O–H groups in total. The van der Waals surface area contributed by atoms with E-state index in [4.69, 9.17) is 0 Å². The van der Waals surface area contributed by atoms with Crippen molar-refractivity contribution < 1.29 is 0 Å². The Morgan fingerprint density at radius 1 is 0.522 bits per heavy atom. The van der Waals surface area contributed by atoms with E-state index >= 15 is 0 Å². The van der Waals surface area contributed by atoms with E-state index in [1.807, 2.05) is 0 Å². The minimum atomic E-state index is -0.00136. The van der Waals surface area contributed by atoms with Gasteiger partial charge in [0.1, 0.15) is 0 Å².